The summed E-state index contributed by atoms with van der Waals surface area (Å²) < 4.78 is 0. The van der Waals surface area contributed by atoms with Crippen LogP contribution in [0, 0.1) is 5.92 Å². The SMILES string of the molecule is CN(C(=O)O)[C@@H](C(=O)Nc1ccccc1)C1CCCCC1. The predicted molar refractivity (Wildman–Crippen MR) is 81.2 cm³/mol. The van der Waals surface area contributed by atoms with Gasteiger partial charge in [0.2, 0.25) is 5.91 Å². The van der Waals surface area contributed by atoms with Crippen molar-refractivity contribution in [3.05, 3.63) is 30.3 Å². The highest BCUT2D eigenvalue weighted by molar-refractivity contribution is 5.96. The van der Waals surface area contributed by atoms with Gasteiger partial charge in [0.05, 0.1) is 0 Å². The first-order chi connectivity index (χ1) is 10.1. The second kappa shape index (κ2) is 7.11. The molecule has 1 aliphatic carbocycles. The first-order valence-corrected chi connectivity index (χ1v) is 7.41. The molecule has 2 rings (SSSR count). The molecule has 0 heterocycles. The third kappa shape index (κ3) is 3.97. The molecule has 1 aliphatic rings. The number of benzene rings is 1. The van der Waals surface area contributed by atoms with E-state index in [0.29, 0.717) is 5.69 Å². The van der Waals surface area contributed by atoms with Gasteiger partial charge in [-0.15, -0.1) is 0 Å². The van der Waals surface area contributed by atoms with Gasteiger partial charge < -0.3 is 10.4 Å². The van der Waals surface area contributed by atoms with Gasteiger partial charge in [-0.1, -0.05) is 37.5 Å². The van der Waals surface area contributed by atoms with Gasteiger partial charge >= 0.3 is 6.09 Å². The molecule has 5 nitrogen and oxygen atoms in total. The van der Waals surface area contributed by atoms with Crippen molar-refractivity contribution in [3.63, 3.8) is 0 Å². The molecule has 1 aromatic carbocycles. The number of likely N-dealkylation sites (N-methyl/N-ethyl adjacent to an activating group) is 1. The lowest BCUT2D eigenvalue weighted by atomic mass is 9.83. The van der Waals surface area contributed by atoms with E-state index in [1.807, 2.05) is 18.2 Å². The monoisotopic (exact) mass is 290 g/mol. The van der Waals surface area contributed by atoms with Crippen LogP contribution in [-0.2, 0) is 4.79 Å². The smallest absolute Gasteiger partial charge is 0.407 e. The van der Waals surface area contributed by atoms with Crippen LogP contribution in [0.15, 0.2) is 30.3 Å². The molecule has 0 aromatic heterocycles. The molecule has 114 valence electrons. The molecule has 0 aliphatic heterocycles. The zero-order valence-corrected chi connectivity index (χ0v) is 12.3. The van der Waals surface area contributed by atoms with E-state index < -0.39 is 12.1 Å². The number of carbonyl (C=O) groups is 2. The number of nitrogens with one attached hydrogen (secondary N) is 1. The summed E-state index contributed by atoms with van der Waals surface area (Å²) in [5.41, 5.74) is 0.696. The molecule has 1 atom stereocenters. The van der Waals surface area contributed by atoms with E-state index in [4.69, 9.17) is 0 Å². The summed E-state index contributed by atoms with van der Waals surface area (Å²) in [6.07, 6.45) is 4.05. The van der Waals surface area contributed by atoms with Crippen molar-refractivity contribution in [2.45, 2.75) is 38.1 Å². The van der Waals surface area contributed by atoms with Crippen molar-refractivity contribution in [1.82, 2.24) is 4.90 Å². The maximum Gasteiger partial charge on any atom is 0.407 e. The third-order valence-electron chi connectivity index (χ3n) is 4.13. The van der Waals surface area contributed by atoms with Crippen LogP contribution in [0.5, 0.6) is 0 Å². The lowest BCUT2D eigenvalue weighted by Crippen LogP contribution is -2.49. The van der Waals surface area contributed by atoms with E-state index in [2.05, 4.69) is 5.32 Å². The Balaban J connectivity index is 2.13. The van der Waals surface area contributed by atoms with Crippen molar-refractivity contribution >= 4 is 17.7 Å². The molecular formula is C16H22N2O3. The quantitative estimate of drug-likeness (QED) is 0.894. The summed E-state index contributed by atoms with van der Waals surface area (Å²) in [5, 5.41) is 12.1. The lowest BCUT2D eigenvalue weighted by molar-refractivity contribution is -0.122. The molecule has 0 unspecified atom stereocenters. The summed E-state index contributed by atoms with van der Waals surface area (Å²) >= 11 is 0. The Hall–Kier alpha value is -2.04. The minimum atomic E-state index is -1.06. The molecule has 0 saturated heterocycles. The van der Waals surface area contributed by atoms with Crippen LogP contribution < -0.4 is 5.32 Å². The molecule has 2 amide bonds. The Morgan fingerprint density at radius 3 is 2.38 bits per heavy atom. The number of carboxylic acid groups (broad SMARTS) is 1. The van der Waals surface area contributed by atoms with Gasteiger partial charge in [0.15, 0.2) is 0 Å². The highest BCUT2D eigenvalue weighted by Gasteiger charge is 2.35. The second-order valence-corrected chi connectivity index (χ2v) is 5.59. The van der Waals surface area contributed by atoms with E-state index in [1.165, 1.54) is 13.5 Å². The van der Waals surface area contributed by atoms with Crippen molar-refractivity contribution < 1.29 is 14.7 Å². The van der Waals surface area contributed by atoms with Crippen LogP contribution in [0.3, 0.4) is 0 Å². The number of anilines is 1. The highest BCUT2D eigenvalue weighted by atomic mass is 16.4. The third-order valence-corrected chi connectivity index (χ3v) is 4.13. The minimum Gasteiger partial charge on any atom is -0.465 e. The van der Waals surface area contributed by atoms with E-state index in [0.717, 1.165) is 30.6 Å². The Morgan fingerprint density at radius 2 is 1.81 bits per heavy atom. The van der Waals surface area contributed by atoms with Gasteiger partial charge in [-0.2, -0.15) is 0 Å². The first kappa shape index (κ1) is 15.4. The molecular weight excluding hydrogens is 268 g/mol. The van der Waals surface area contributed by atoms with E-state index in [9.17, 15) is 14.7 Å². The fourth-order valence-electron chi connectivity index (χ4n) is 3.01. The van der Waals surface area contributed by atoms with Crippen molar-refractivity contribution in [2.75, 3.05) is 12.4 Å². The topological polar surface area (TPSA) is 69.6 Å². The van der Waals surface area contributed by atoms with Crippen LogP contribution in [0.2, 0.25) is 0 Å². The van der Waals surface area contributed by atoms with Gasteiger partial charge in [0.25, 0.3) is 0 Å². The second-order valence-electron chi connectivity index (χ2n) is 5.59. The molecule has 2 N–H and O–H groups in total. The largest absolute Gasteiger partial charge is 0.465 e. The van der Waals surface area contributed by atoms with Gasteiger partial charge in [-0.05, 0) is 30.9 Å². The average Bonchev–Trinajstić information content (AvgIpc) is 2.49. The van der Waals surface area contributed by atoms with Crippen molar-refractivity contribution in [1.29, 1.82) is 0 Å². The zero-order valence-electron chi connectivity index (χ0n) is 12.3. The number of amides is 2. The van der Waals surface area contributed by atoms with E-state index in [1.54, 1.807) is 12.1 Å². The van der Waals surface area contributed by atoms with Crippen molar-refractivity contribution in [2.24, 2.45) is 5.92 Å². The Kier molecular flexibility index (Phi) is 5.20. The predicted octanol–water partition coefficient (Wildman–Crippen LogP) is 3.18. The Bertz CT molecular complexity index is 484. The van der Waals surface area contributed by atoms with Gasteiger partial charge in [0, 0.05) is 12.7 Å². The molecule has 1 fully saturated rings. The number of nitrogens with zero attached hydrogens (tertiary/aromatic N) is 1. The van der Waals surface area contributed by atoms with Gasteiger partial charge in [-0.25, -0.2) is 4.79 Å². The summed E-state index contributed by atoms with van der Waals surface area (Å²) in [4.78, 5) is 25.0. The molecule has 5 heteroatoms. The number of hydrogen-bond acceptors (Lipinski definition) is 2. The maximum absolute atomic E-state index is 12.5. The van der Waals surface area contributed by atoms with Crippen LogP contribution in [-0.4, -0.2) is 35.1 Å². The van der Waals surface area contributed by atoms with Gasteiger partial charge in [-0.3, -0.25) is 9.69 Å². The summed E-state index contributed by atoms with van der Waals surface area (Å²) in [7, 11) is 1.48. The normalized spacial score (nSPS) is 17.0. The number of para-hydroxylation sites is 1. The molecule has 0 radical (unpaired) electrons. The van der Waals surface area contributed by atoms with Crippen LogP contribution in [0.4, 0.5) is 10.5 Å². The first-order valence-electron chi connectivity index (χ1n) is 7.41. The summed E-state index contributed by atoms with van der Waals surface area (Å²) in [5.74, 6) is -0.137. The van der Waals surface area contributed by atoms with Gasteiger partial charge in [0.1, 0.15) is 6.04 Å². The molecule has 0 spiro atoms. The van der Waals surface area contributed by atoms with Crippen LogP contribution in [0.25, 0.3) is 0 Å². The molecule has 0 bridgehead atoms. The Labute approximate surface area is 125 Å². The lowest BCUT2D eigenvalue weighted by Gasteiger charge is -2.34. The van der Waals surface area contributed by atoms with Crippen molar-refractivity contribution in [3.8, 4) is 0 Å². The number of carbonyl (C=O) groups excluding carboxylic acids is 1. The fraction of sp³-hybridized carbons (Fsp3) is 0.500. The minimum absolute atomic E-state index is 0.101. The highest BCUT2D eigenvalue weighted by Crippen LogP contribution is 2.29. The summed E-state index contributed by atoms with van der Waals surface area (Å²) in [6.45, 7) is 0. The van der Waals surface area contributed by atoms with E-state index >= 15 is 0 Å². The molecule has 21 heavy (non-hydrogen) atoms. The standard InChI is InChI=1S/C16H22N2O3/c1-18(16(20)21)14(12-8-4-2-5-9-12)15(19)17-13-10-6-3-7-11-13/h3,6-7,10-12,14H,2,4-5,8-9H2,1H3,(H,17,19)(H,20,21)/t14-/m1/s1. The van der Waals surface area contributed by atoms with Crippen LogP contribution >= 0.6 is 0 Å². The molecule has 1 saturated carbocycles. The van der Waals surface area contributed by atoms with Crippen LogP contribution in [0.1, 0.15) is 32.1 Å². The maximum atomic E-state index is 12.5. The summed E-state index contributed by atoms with van der Waals surface area (Å²) in [6, 6.07) is 8.53. The zero-order chi connectivity index (χ0) is 15.2. The molecule has 1 aromatic rings. The van der Waals surface area contributed by atoms with E-state index in [-0.39, 0.29) is 11.8 Å². The number of rotatable bonds is 4. The number of hydrogen-bond donors (Lipinski definition) is 2. The Morgan fingerprint density at radius 1 is 1.19 bits per heavy atom. The average molecular weight is 290 g/mol. The fourth-order valence-corrected chi connectivity index (χ4v) is 3.01.